The second-order valence-electron chi connectivity index (χ2n) is 9.32. The van der Waals surface area contributed by atoms with Gasteiger partial charge in [-0.25, -0.2) is 14.8 Å². The number of esters is 1. The summed E-state index contributed by atoms with van der Waals surface area (Å²) in [7, 11) is 1.26. The van der Waals surface area contributed by atoms with Gasteiger partial charge in [-0.05, 0) is 50.1 Å². The first-order chi connectivity index (χ1) is 19.3. The molecule has 0 aliphatic carbocycles. The van der Waals surface area contributed by atoms with Crippen molar-refractivity contribution in [1.29, 1.82) is 0 Å². The van der Waals surface area contributed by atoms with E-state index in [4.69, 9.17) is 9.47 Å². The number of aliphatic hydroxyl groups is 1. The summed E-state index contributed by atoms with van der Waals surface area (Å²) >= 11 is 0.946. The van der Waals surface area contributed by atoms with Crippen LogP contribution in [0.15, 0.2) is 54.2 Å². The van der Waals surface area contributed by atoms with Gasteiger partial charge in [0.1, 0.15) is 22.0 Å². The molecule has 1 atom stereocenters. The largest absolute Gasteiger partial charge is 0.505 e. The van der Waals surface area contributed by atoms with Gasteiger partial charge in [0.2, 0.25) is 0 Å². The number of aliphatic hydroxyl groups excluding tert-OH is 1. The number of rotatable bonds is 8. The zero-order valence-corrected chi connectivity index (χ0v) is 23.3. The van der Waals surface area contributed by atoms with E-state index in [9.17, 15) is 19.5 Å². The van der Waals surface area contributed by atoms with Gasteiger partial charge in [0, 0.05) is 6.20 Å². The minimum Gasteiger partial charge on any atom is -0.505 e. The highest BCUT2D eigenvalue weighted by atomic mass is 32.1. The molecule has 40 heavy (non-hydrogen) atoms. The van der Waals surface area contributed by atoms with Crippen LogP contribution < -0.4 is 9.64 Å². The third-order valence-corrected chi connectivity index (χ3v) is 7.81. The number of aryl methyl sites for hydroxylation is 2. The lowest BCUT2D eigenvalue weighted by Crippen LogP contribution is -2.29. The predicted molar refractivity (Wildman–Crippen MR) is 150 cm³/mol. The molecule has 11 heteroatoms. The Bertz CT molecular complexity index is 1670. The quantitative estimate of drug-likeness (QED) is 0.105. The highest BCUT2D eigenvalue weighted by Gasteiger charge is 2.49. The first-order valence-electron chi connectivity index (χ1n) is 12.8. The van der Waals surface area contributed by atoms with Crippen molar-refractivity contribution >= 4 is 45.5 Å². The molecule has 1 N–H and O–H groups in total. The van der Waals surface area contributed by atoms with E-state index < -0.39 is 23.7 Å². The fraction of sp³-hybridized carbons (Fsp3) is 0.276. The Labute approximate surface area is 234 Å². The number of carbonyl (C=O) groups is 3. The number of nitrogens with zero attached hydrogens (tertiary/aromatic N) is 4. The lowest BCUT2D eigenvalue weighted by Gasteiger charge is -2.23. The van der Waals surface area contributed by atoms with E-state index in [1.165, 1.54) is 12.0 Å². The number of anilines is 1. The number of hydrogen-bond acceptors (Lipinski definition) is 9. The number of hydrogen-bond donors (Lipinski definition) is 1. The number of unbranched alkanes of at least 4 members (excludes halogenated alkanes) is 1. The van der Waals surface area contributed by atoms with Gasteiger partial charge in [0.25, 0.3) is 5.78 Å². The van der Waals surface area contributed by atoms with Crippen LogP contribution in [0.4, 0.5) is 5.13 Å². The molecule has 1 amide bonds. The summed E-state index contributed by atoms with van der Waals surface area (Å²) in [5.41, 5.74) is 2.16. The van der Waals surface area contributed by atoms with Crippen molar-refractivity contribution in [3.05, 3.63) is 81.8 Å². The molecule has 0 bridgehead atoms. The van der Waals surface area contributed by atoms with Crippen molar-refractivity contribution in [3.8, 4) is 5.75 Å². The summed E-state index contributed by atoms with van der Waals surface area (Å²) in [4.78, 5) is 50.0. The van der Waals surface area contributed by atoms with E-state index in [1.54, 1.807) is 60.8 Å². The molecule has 4 aromatic rings. The van der Waals surface area contributed by atoms with Crippen molar-refractivity contribution in [2.45, 2.75) is 39.7 Å². The Morgan fingerprint density at radius 2 is 1.90 bits per heavy atom. The second-order valence-corrected chi connectivity index (χ2v) is 10.3. The van der Waals surface area contributed by atoms with Crippen LogP contribution in [0.25, 0.3) is 11.4 Å². The summed E-state index contributed by atoms with van der Waals surface area (Å²) in [6.07, 6.45) is 3.56. The summed E-state index contributed by atoms with van der Waals surface area (Å²) < 4.78 is 12.4. The standard InChI is InChI=1S/C29H28N4O6S/c1-5-6-14-39-19-11-9-10-18(15-19)23-21(24(34)22-16(2)30-20-12-7-8-13-32(20)22)25(35)27(36)33(23)29-31-17(3)26(40-29)28(37)38-4/h7-13,15,23,34H,5-6,14H2,1-4H3. The lowest BCUT2D eigenvalue weighted by atomic mass is 9.96. The number of thiazole rings is 1. The van der Waals surface area contributed by atoms with E-state index in [0.29, 0.717) is 40.6 Å². The zero-order chi connectivity index (χ0) is 28.6. The molecule has 4 heterocycles. The topological polar surface area (TPSA) is 123 Å². The number of benzene rings is 1. The second kappa shape index (κ2) is 10.9. The average Bonchev–Trinajstić information content (AvgIpc) is 3.58. The van der Waals surface area contributed by atoms with Gasteiger partial charge in [-0.1, -0.05) is 42.9 Å². The normalized spacial score (nSPS) is 16.6. The number of aromatic nitrogens is 3. The van der Waals surface area contributed by atoms with Crippen LogP contribution in [0, 0.1) is 13.8 Å². The van der Waals surface area contributed by atoms with E-state index in [2.05, 4.69) is 16.9 Å². The van der Waals surface area contributed by atoms with Gasteiger partial charge in [-0.2, -0.15) is 0 Å². The van der Waals surface area contributed by atoms with Gasteiger partial charge in [0.05, 0.1) is 36.7 Å². The highest BCUT2D eigenvalue weighted by molar-refractivity contribution is 7.17. The molecule has 206 valence electrons. The van der Waals surface area contributed by atoms with Crippen LogP contribution in [0.2, 0.25) is 0 Å². The number of pyridine rings is 1. The zero-order valence-electron chi connectivity index (χ0n) is 22.5. The molecular formula is C29H28N4O6S. The van der Waals surface area contributed by atoms with Crippen molar-refractivity contribution in [1.82, 2.24) is 14.4 Å². The van der Waals surface area contributed by atoms with Crippen molar-refractivity contribution in [2.75, 3.05) is 18.6 Å². The van der Waals surface area contributed by atoms with Crippen molar-refractivity contribution in [2.24, 2.45) is 0 Å². The Kier molecular flexibility index (Phi) is 7.40. The fourth-order valence-electron chi connectivity index (χ4n) is 4.75. The SMILES string of the molecule is CCCCOc1cccc(C2C(=C(O)c3c(C)nc4ccccn34)C(=O)C(=O)N2c2nc(C)c(C(=O)OC)s2)c1. The predicted octanol–water partition coefficient (Wildman–Crippen LogP) is 5.00. The van der Waals surface area contributed by atoms with Crippen LogP contribution in [0.5, 0.6) is 5.75 Å². The minimum atomic E-state index is -1.04. The number of ether oxygens (including phenoxy) is 2. The molecule has 10 nitrogen and oxygen atoms in total. The molecule has 1 aromatic carbocycles. The van der Waals surface area contributed by atoms with Crippen LogP contribution in [0.1, 0.15) is 58.1 Å². The first-order valence-corrected chi connectivity index (χ1v) is 13.6. The first kappa shape index (κ1) is 27.1. The third kappa shape index (κ3) is 4.62. The monoisotopic (exact) mass is 560 g/mol. The van der Waals surface area contributed by atoms with E-state index in [-0.39, 0.29) is 21.3 Å². The molecule has 1 saturated heterocycles. The van der Waals surface area contributed by atoms with Crippen LogP contribution in [-0.2, 0) is 14.3 Å². The van der Waals surface area contributed by atoms with E-state index >= 15 is 0 Å². The number of carbonyl (C=O) groups excluding carboxylic acids is 3. The third-order valence-electron chi connectivity index (χ3n) is 6.68. The number of Topliss-reactive ketones (excluding diaryl/α,β-unsaturated/α-hetero) is 1. The van der Waals surface area contributed by atoms with Gasteiger partial charge in [-0.3, -0.25) is 18.9 Å². The maximum absolute atomic E-state index is 13.6. The average molecular weight is 561 g/mol. The number of methoxy groups -OCH3 is 1. The van der Waals surface area contributed by atoms with E-state index in [0.717, 1.165) is 24.2 Å². The van der Waals surface area contributed by atoms with Crippen LogP contribution >= 0.6 is 11.3 Å². The minimum absolute atomic E-state index is 0.114. The summed E-state index contributed by atoms with van der Waals surface area (Å²) in [5, 5.41) is 11.8. The molecule has 1 aliphatic heterocycles. The van der Waals surface area contributed by atoms with Gasteiger partial charge in [-0.15, -0.1) is 0 Å². The maximum Gasteiger partial charge on any atom is 0.350 e. The van der Waals surface area contributed by atoms with E-state index in [1.807, 2.05) is 6.07 Å². The maximum atomic E-state index is 13.6. The molecule has 0 spiro atoms. The summed E-state index contributed by atoms with van der Waals surface area (Å²) in [6, 6.07) is 11.4. The Morgan fingerprint density at radius 3 is 2.65 bits per heavy atom. The van der Waals surface area contributed by atoms with Gasteiger partial charge >= 0.3 is 11.9 Å². The molecule has 0 saturated carbocycles. The van der Waals surface area contributed by atoms with Crippen LogP contribution in [-0.4, -0.2) is 50.9 Å². The molecular weight excluding hydrogens is 532 g/mol. The van der Waals surface area contributed by atoms with Gasteiger partial charge in [0.15, 0.2) is 10.9 Å². The molecule has 1 fully saturated rings. The fourth-order valence-corrected chi connectivity index (χ4v) is 5.76. The van der Waals surface area contributed by atoms with Crippen molar-refractivity contribution < 1.29 is 29.0 Å². The molecule has 3 aromatic heterocycles. The Balaban J connectivity index is 1.72. The summed E-state index contributed by atoms with van der Waals surface area (Å²) in [5.74, 6) is -2.14. The summed E-state index contributed by atoms with van der Waals surface area (Å²) in [6.45, 7) is 5.92. The number of amides is 1. The Hall–Kier alpha value is -4.51. The van der Waals surface area contributed by atoms with Crippen molar-refractivity contribution in [3.63, 3.8) is 0 Å². The molecule has 5 rings (SSSR count). The highest BCUT2D eigenvalue weighted by Crippen LogP contribution is 2.44. The Morgan fingerprint density at radius 1 is 1.10 bits per heavy atom. The molecule has 1 aliphatic rings. The smallest absolute Gasteiger partial charge is 0.350 e. The lowest BCUT2D eigenvalue weighted by molar-refractivity contribution is -0.132. The number of fused-ring (bicyclic) bond motifs is 1. The van der Waals surface area contributed by atoms with Gasteiger partial charge < -0.3 is 14.6 Å². The number of imidazole rings is 1. The molecule has 1 unspecified atom stereocenters. The number of ketones is 1. The van der Waals surface area contributed by atoms with Crippen LogP contribution in [0.3, 0.4) is 0 Å². The molecule has 0 radical (unpaired) electrons.